The molecule has 1 aliphatic heterocycles. The van der Waals surface area contributed by atoms with Crippen LogP contribution in [0.3, 0.4) is 0 Å². The second kappa shape index (κ2) is 9.32. The monoisotopic (exact) mass is 403 g/mol. The lowest BCUT2D eigenvalue weighted by Crippen LogP contribution is -2.34. The van der Waals surface area contributed by atoms with E-state index >= 15 is 0 Å². The summed E-state index contributed by atoms with van der Waals surface area (Å²) >= 11 is 1.69. The Morgan fingerprint density at radius 1 is 1.25 bits per heavy atom. The molecule has 2 aromatic rings. The molecule has 0 aliphatic carbocycles. The lowest BCUT2D eigenvalue weighted by molar-refractivity contribution is -0.131. The van der Waals surface area contributed by atoms with Crippen molar-refractivity contribution < 1.29 is 9.59 Å². The van der Waals surface area contributed by atoms with Gasteiger partial charge in [0.15, 0.2) is 5.82 Å². The third kappa shape index (κ3) is 5.19. The molecule has 0 radical (unpaired) electrons. The molecule has 2 amide bonds. The number of hydrogen-bond acceptors (Lipinski definition) is 5. The zero-order chi connectivity index (χ0) is 20.1. The summed E-state index contributed by atoms with van der Waals surface area (Å²) in [6.45, 7) is 7.76. The average molecular weight is 404 g/mol. The maximum atomic E-state index is 12.7. The van der Waals surface area contributed by atoms with E-state index in [4.69, 9.17) is 0 Å². The van der Waals surface area contributed by atoms with Crippen LogP contribution in [0.4, 0.5) is 0 Å². The quantitative estimate of drug-likeness (QED) is 0.771. The van der Waals surface area contributed by atoms with E-state index in [1.165, 1.54) is 11.8 Å². The number of nitrogens with zero attached hydrogens (tertiary/aromatic N) is 4. The molecule has 0 saturated carbocycles. The summed E-state index contributed by atoms with van der Waals surface area (Å²) in [4.78, 5) is 27.5. The van der Waals surface area contributed by atoms with Crippen LogP contribution in [0.25, 0.3) is 0 Å². The van der Waals surface area contributed by atoms with Gasteiger partial charge in [0.2, 0.25) is 11.8 Å². The highest BCUT2D eigenvalue weighted by atomic mass is 32.1. The van der Waals surface area contributed by atoms with Crippen molar-refractivity contribution in [3.05, 3.63) is 34.0 Å². The highest BCUT2D eigenvalue weighted by Gasteiger charge is 2.26. The van der Waals surface area contributed by atoms with Crippen LogP contribution in [0.1, 0.15) is 56.2 Å². The number of thiophene rings is 1. The Morgan fingerprint density at radius 3 is 2.75 bits per heavy atom. The third-order valence-electron chi connectivity index (χ3n) is 4.97. The first-order chi connectivity index (χ1) is 13.4. The maximum absolute atomic E-state index is 12.7. The molecule has 1 unspecified atom stereocenters. The molecule has 3 rings (SSSR count). The van der Waals surface area contributed by atoms with Gasteiger partial charge >= 0.3 is 0 Å². The van der Waals surface area contributed by atoms with E-state index in [9.17, 15) is 9.59 Å². The van der Waals surface area contributed by atoms with Crippen LogP contribution < -0.4 is 5.32 Å². The van der Waals surface area contributed by atoms with E-state index in [0.29, 0.717) is 38.4 Å². The SMILES string of the molecule is CC(=O)NC(CC(C)C)c1nnc2n1CCN(C(=O)CCc1cccs1)CC2. The van der Waals surface area contributed by atoms with Gasteiger partial charge in [0, 0.05) is 44.3 Å². The highest BCUT2D eigenvalue weighted by molar-refractivity contribution is 7.09. The molecule has 28 heavy (non-hydrogen) atoms. The zero-order valence-electron chi connectivity index (χ0n) is 16.9. The smallest absolute Gasteiger partial charge is 0.223 e. The van der Waals surface area contributed by atoms with E-state index in [0.717, 1.165) is 24.5 Å². The Morgan fingerprint density at radius 2 is 2.07 bits per heavy atom. The van der Waals surface area contributed by atoms with Gasteiger partial charge in [-0.05, 0) is 30.2 Å². The second-order valence-corrected chi connectivity index (χ2v) is 8.75. The van der Waals surface area contributed by atoms with Crippen molar-refractivity contribution >= 4 is 23.2 Å². The van der Waals surface area contributed by atoms with E-state index in [2.05, 4.69) is 40.0 Å². The van der Waals surface area contributed by atoms with E-state index in [-0.39, 0.29) is 17.9 Å². The van der Waals surface area contributed by atoms with Crippen molar-refractivity contribution in [3.8, 4) is 0 Å². The van der Waals surface area contributed by atoms with Gasteiger partial charge in [-0.2, -0.15) is 0 Å². The fourth-order valence-corrected chi connectivity index (χ4v) is 4.35. The maximum Gasteiger partial charge on any atom is 0.223 e. The van der Waals surface area contributed by atoms with E-state index in [1.54, 1.807) is 11.3 Å². The minimum atomic E-state index is -0.153. The lowest BCUT2D eigenvalue weighted by Gasteiger charge is -2.22. The average Bonchev–Trinajstić information content (AvgIpc) is 3.24. The molecule has 0 saturated heterocycles. The van der Waals surface area contributed by atoms with Crippen LogP contribution in [0, 0.1) is 5.92 Å². The van der Waals surface area contributed by atoms with Gasteiger partial charge in [-0.1, -0.05) is 19.9 Å². The van der Waals surface area contributed by atoms with Gasteiger partial charge in [0.1, 0.15) is 5.82 Å². The van der Waals surface area contributed by atoms with E-state index in [1.807, 2.05) is 16.3 Å². The van der Waals surface area contributed by atoms with Gasteiger partial charge in [-0.25, -0.2) is 0 Å². The molecule has 0 bridgehead atoms. The largest absolute Gasteiger partial charge is 0.346 e. The molecule has 3 heterocycles. The summed E-state index contributed by atoms with van der Waals surface area (Å²) < 4.78 is 2.09. The van der Waals surface area contributed by atoms with Crippen LogP contribution in [-0.2, 0) is 29.0 Å². The number of aryl methyl sites for hydroxylation is 1. The van der Waals surface area contributed by atoms with Gasteiger partial charge in [-0.15, -0.1) is 21.5 Å². The molecular formula is C20H29N5O2S. The summed E-state index contributed by atoms with van der Waals surface area (Å²) in [5.41, 5.74) is 0. The minimum Gasteiger partial charge on any atom is -0.346 e. The number of aromatic nitrogens is 3. The molecule has 0 spiro atoms. The summed E-state index contributed by atoms with van der Waals surface area (Å²) in [6.07, 6.45) is 2.83. The molecule has 2 aromatic heterocycles. The molecule has 0 aromatic carbocycles. The zero-order valence-corrected chi connectivity index (χ0v) is 17.7. The molecule has 1 aliphatic rings. The predicted octanol–water partition coefficient (Wildman–Crippen LogP) is 2.58. The Labute approximate surface area is 170 Å². The van der Waals surface area contributed by atoms with Gasteiger partial charge < -0.3 is 14.8 Å². The second-order valence-electron chi connectivity index (χ2n) is 7.72. The van der Waals surface area contributed by atoms with Crippen molar-refractivity contribution in [1.29, 1.82) is 0 Å². The Bertz CT molecular complexity index is 800. The number of carbonyl (C=O) groups is 2. The van der Waals surface area contributed by atoms with Gasteiger partial charge in [0.05, 0.1) is 6.04 Å². The van der Waals surface area contributed by atoms with Crippen molar-refractivity contribution in [2.75, 3.05) is 13.1 Å². The lowest BCUT2D eigenvalue weighted by atomic mass is 10.0. The first-order valence-corrected chi connectivity index (χ1v) is 10.8. The number of fused-ring (bicyclic) bond motifs is 1. The summed E-state index contributed by atoms with van der Waals surface area (Å²) in [5.74, 6) is 2.23. The molecular weight excluding hydrogens is 374 g/mol. The van der Waals surface area contributed by atoms with E-state index < -0.39 is 0 Å². The number of nitrogens with one attached hydrogen (secondary N) is 1. The predicted molar refractivity (Wildman–Crippen MR) is 109 cm³/mol. The molecule has 152 valence electrons. The molecule has 1 N–H and O–H groups in total. The number of amides is 2. The minimum absolute atomic E-state index is 0.0676. The van der Waals surface area contributed by atoms with Crippen molar-refractivity contribution in [1.82, 2.24) is 25.0 Å². The first-order valence-electron chi connectivity index (χ1n) is 9.93. The Hall–Kier alpha value is -2.22. The third-order valence-corrected chi connectivity index (χ3v) is 5.91. The van der Waals surface area contributed by atoms with Crippen LogP contribution >= 0.6 is 11.3 Å². The number of carbonyl (C=O) groups excluding carboxylic acids is 2. The van der Waals surface area contributed by atoms with Crippen LogP contribution in [0.15, 0.2) is 17.5 Å². The van der Waals surface area contributed by atoms with Gasteiger partial charge in [-0.3, -0.25) is 9.59 Å². The molecule has 0 fully saturated rings. The number of rotatable bonds is 7. The van der Waals surface area contributed by atoms with Crippen molar-refractivity contribution in [2.45, 2.75) is 59.0 Å². The van der Waals surface area contributed by atoms with Crippen molar-refractivity contribution in [3.63, 3.8) is 0 Å². The number of hydrogen-bond donors (Lipinski definition) is 1. The summed E-state index contributed by atoms with van der Waals surface area (Å²) in [5, 5.41) is 13.8. The Balaban J connectivity index is 1.66. The van der Waals surface area contributed by atoms with Crippen LogP contribution in [0.5, 0.6) is 0 Å². The summed E-state index contributed by atoms with van der Waals surface area (Å²) in [6, 6.07) is 3.94. The highest BCUT2D eigenvalue weighted by Crippen LogP contribution is 2.22. The standard InChI is InChI=1S/C20H29N5O2S/c1-14(2)13-17(21-15(3)26)20-23-22-18-8-9-24(10-11-25(18)20)19(27)7-6-16-5-4-12-28-16/h4-5,12,14,17H,6-11,13H2,1-3H3,(H,21,26). The van der Waals surface area contributed by atoms with Crippen LogP contribution in [0.2, 0.25) is 0 Å². The molecule has 7 nitrogen and oxygen atoms in total. The van der Waals surface area contributed by atoms with Gasteiger partial charge in [0.25, 0.3) is 0 Å². The first kappa shape index (κ1) is 20.5. The summed E-state index contributed by atoms with van der Waals surface area (Å²) in [7, 11) is 0. The fraction of sp³-hybridized carbons (Fsp3) is 0.600. The Kier molecular flexibility index (Phi) is 6.83. The van der Waals surface area contributed by atoms with Crippen LogP contribution in [-0.4, -0.2) is 44.6 Å². The normalized spacial score (nSPS) is 15.2. The van der Waals surface area contributed by atoms with Crippen molar-refractivity contribution in [2.24, 2.45) is 5.92 Å². The molecule has 1 atom stereocenters. The topological polar surface area (TPSA) is 80.1 Å². The fourth-order valence-electron chi connectivity index (χ4n) is 3.64. The molecule has 8 heteroatoms.